The number of carbonyl (C=O) groups excluding carboxylic acids is 2. The second kappa shape index (κ2) is 12.3. The summed E-state index contributed by atoms with van der Waals surface area (Å²) in [7, 11) is 1.55. The van der Waals surface area contributed by atoms with Crippen molar-refractivity contribution in [2.75, 3.05) is 46.6 Å². The van der Waals surface area contributed by atoms with Gasteiger partial charge in [-0.3, -0.25) is 9.28 Å². The third-order valence-electron chi connectivity index (χ3n) is 7.15. The van der Waals surface area contributed by atoms with Crippen LogP contribution in [-0.2, 0) is 4.74 Å². The van der Waals surface area contributed by atoms with Crippen molar-refractivity contribution in [3.63, 3.8) is 0 Å². The molecule has 0 spiro atoms. The predicted molar refractivity (Wildman–Crippen MR) is 139 cm³/mol. The number of ketones is 1. The smallest absolute Gasteiger partial charge is 0.411 e. The van der Waals surface area contributed by atoms with Crippen LogP contribution in [-0.4, -0.2) is 68.1 Å². The third kappa shape index (κ3) is 6.42. The number of benzene rings is 2. The number of halogens is 1. The molecule has 1 aliphatic heterocycles. The highest BCUT2D eigenvalue weighted by Gasteiger charge is 2.37. The third-order valence-corrected chi connectivity index (χ3v) is 7.15. The number of nitrogens with one attached hydrogen (secondary N) is 1. The molecule has 9 nitrogen and oxygen atoms in total. The lowest BCUT2D eigenvalue weighted by Crippen LogP contribution is -2.55. The molecule has 0 aliphatic carbocycles. The van der Waals surface area contributed by atoms with Gasteiger partial charge in [0.2, 0.25) is 6.73 Å². The molecule has 0 saturated carbocycles. The maximum Gasteiger partial charge on any atom is 0.411 e. The minimum atomic E-state index is -0.428. The van der Waals surface area contributed by atoms with E-state index in [1.54, 1.807) is 31.4 Å². The van der Waals surface area contributed by atoms with Gasteiger partial charge in [0.15, 0.2) is 22.9 Å². The standard InChI is InChI=1S/C28H34FN3O6/c1-4-30-28(34)37-18-32(12-5-15-36-24-9-6-21(19(2)33)16-26(24)35-3)13-10-20(11-14-32)27-23-8-7-22(29)17-25(23)38-31-27/h6-9,16-17,20H,4-5,10-15,18H2,1-3H3/p+1. The highest BCUT2D eigenvalue weighted by atomic mass is 19.1. The molecule has 2 aromatic carbocycles. The minimum absolute atomic E-state index is 0.0393. The molecule has 0 bridgehead atoms. The molecular weight excluding hydrogens is 493 g/mol. The quantitative estimate of drug-likeness (QED) is 0.211. The van der Waals surface area contributed by atoms with Gasteiger partial charge in [0.1, 0.15) is 5.82 Å². The van der Waals surface area contributed by atoms with E-state index in [1.807, 2.05) is 6.92 Å². The second-order valence-corrected chi connectivity index (χ2v) is 9.71. The number of likely N-dealkylation sites (tertiary alicyclic amines) is 1. The Labute approximate surface area is 221 Å². The van der Waals surface area contributed by atoms with Crippen LogP contribution in [0.3, 0.4) is 0 Å². The number of ether oxygens (including phenoxy) is 3. The van der Waals surface area contributed by atoms with Gasteiger partial charge in [-0.1, -0.05) is 5.16 Å². The minimum Gasteiger partial charge on any atom is -0.493 e. The summed E-state index contributed by atoms with van der Waals surface area (Å²) in [6.45, 7) is 6.89. The molecule has 3 aromatic rings. The van der Waals surface area contributed by atoms with E-state index in [9.17, 15) is 14.0 Å². The molecule has 1 aromatic heterocycles. The molecule has 10 heteroatoms. The average molecular weight is 529 g/mol. The number of fused-ring (bicyclic) bond motifs is 1. The van der Waals surface area contributed by atoms with Crippen LogP contribution in [0, 0.1) is 5.82 Å². The van der Waals surface area contributed by atoms with Crippen LogP contribution in [0.1, 0.15) is 55.1 Å². The highest BCUT2D eigenvalue weighted by Crippen LogP contribution is 2.35. The number of carbonyl (C=O) groups is 2. The summed E-state index contributed by atoms with van der Waals surface area (Å²) in [4.78, 5) is 23.7. The highest BCUT2D eigenvalue weighted by molar-refractivity contribution is 5.94. The Kier molecular flexibility index (Phi) is 8.83. The lowest BCUT2D eigenvalue weighted by Gasteiger charge is -2.42. The van der Waals surface area contributed by atoms with Crippen LogP contribution < -0.4 is 14.8 Å². The van der Waals surface area contributed by atoms with Crippen molar-refractivity contribution in [2.24, 2.45) is 0 Å². The topological polar surface area (TPSA) is 99.9 Å². The van der Waals surface area contributed by atoms with E-state index in [4.69, 9.17) is 18.7 Å². The van der Waals surface area contributed by atoms with E-state index >= 15 is 0 Å². The SMILES string of the molecule is CCNC(=O)OC[N+]1(CCCOc2ccc(C(C)=O)cc2OC)CCC(c2noc3cc(F)ccc23)CC1. The lowest BCUT2D eigenvalue weighted by molar-refractivity contribution is -0.948. The first-order chi connectivity index (χ1) is 18.3. The summed E-state index contributed by atoms with van der Waals surface area (Å²) >= 11 is 0. The molecule has 2 heterocycles. The van der Waals surface area contributed by atoms with E-state index in [0.717, 1.165) is 50.0 Å². The van der Waals surface area contributed by atoms with Gasteiger partial charge < -0.3 is 24.1 Å². The first-order valence-corrected chi connectivity index (χ1v) is 13.0. The number of hydrogen-bond donors (Lipinski definition) is 1. The first kappa shape index (κ1) is 27.4. The Balaban J connectivity index is 1.39. The summed E-state index contributed by atoms with van der Waals surface area (Å²) < 4.78 is 36.5. The zero-order valence-electron chi connectivity index (χ0n) is 22.1. The number of alkyl carbamates (subject to hydrolysis) is 1. The van der Waals surface area contributed by atoms with Crippen molar-refractivity contribution >= 4 is 22.8 Å². The van der Waals surface area contributed by atoms with Gasteiger partial charge in [-0.15, -0.1) is 0 Å². The zero-order valence-corrected chi connectivity index (χ0v) is 22.1. The van der Waals surface area contributed by atoms with Crippen LogP contribution in [0.15, 0.2) is 40.9 Å². The number of rotatable bonds is 11. The van der Waals surface area contributed by atoms with Crippen molar-refractivity contribution in [1.29, 1.82) is 0 Å². The average Bonchev–Trinajstić information content (AvgIpc) is 3.33. The number of methoxy groups -OCH3 is 1. The molecule has 1 N–H and O–H groups in total. The maximum absolute atomic E-state index is 13.6. The van der Waals surface area contributed by atoms with E-state index in [0.29, 0.717) is 40.3 Å². The predicted octanol–water partition coefficient (Wildman–Crippen LogP) is 5.05. The molecular formula is C28H35FN3O6+. The second-order valence-electron chi connectivity index (χ2n) is 9.71. The monoisotopic (exact) mass is 528 g/mol. The summed E-state index contributed by atoms with van der Waals surface area (Å²) in [5, 5.41) is 7.78. The zero-order chi connectivity index (χ0) is 27.1. The molecule has 1 saturated heterocycles. The van der Waals surface area contributed by atoms with Gasteiger partial charge in [-0.2, -0.15) is 0 Å². The number of hydrogen-bond acceptors (Lipinski definition) is 7. The van der Waals surface area contributed by atoms with E-state index in [-0.39, 0.29) is 24.2 Å². The van der Waals surface area contributed by atoms with Gasteiger partial charge in [0.25, 0.3) is 0 Å². The van der Waals surface area contributed by atoms with Gasteiger partial charge in [0, 0.05) is 48.7 Å². The van der Waals surface area contributed by atoms with Crippen molar-refractivity contribution in [1.82, 2.24) is 10.5 Å². The normalized spacial score (nSPS) is 19.2. The molecule has 0 unspecified atom stereocenters. The number of quaternary nitrogens is 1. The van der Waals surface area contributed by atoms with Crippen LogP contribution in [0.5, 0.6) is 11.5 Å². The molecule has 4 rings (SSSR count). The number of piperidine rings is 1. The fourth-order valence-electron chi connectivity index (χ4n) is 5.01. The molecule has 38 heavy (non-hydrogen) atoms. The molecule has 0 radical (unpaired) electrons. The van der Waals surface area contributed by atoms with Crippen LogP contribution in [0.25, 0.3) is 11.0 Å². The maximum atomic E-state index is 13.6. The Morgan fingerprint density at radius 3 is 2.66 bits per heavy atom. The van der Waals surface area contributed by atoms with Gasteiger partial charge in [-0.05, 0) is 44.2 Å². The van der Waals surface area contributed by atoms with Crippen LogP contribution >= 0.6 is 0 Å². The number of aromatic nitrogens is 1. The van der Waals surface area contributed by atoms with E-state index < -0.39 is 6.09 Å². The summed E-state index contributed by atoms with van der Waals surface area (Å²) in [6, 6.07) is 9.66. The van der Waals surface area contributed by atoms with Crippen molar-refractivity contribution < 1.29 is 37.2 Å². The molecule has 1 amide bonds. The van der Waals surface area contributed by atoms with Crippen LogP contribution in [0.4, 0.5) is 9.18 Å². The largest absolute Gasteiger partial charge is 0.493 e. The van der Waals surface area contributed by atoms with E-state index in [1.165, 1.54) is 19.1 Å². The molecule has 204 valence electrons. The number of nitrogens with zero attached hydrogens (tertiary/aromatic N) is 2. The van der Waals surface area contributed by atoms with Crippen molar-refractivity contribution in [3.8, 4) is 11.5 Å². The first-order valence-electron chi connectivity index (χ1n) is 13.0. The van der Waals surface area contributed by atoms with Crippen molar-refractivity contribution in [3.05, 3.63) is 53.5 Å². The fraction of sp³-hybridized carbons (Fsp3) is 0.464. The van der Waals surface area contributed by atoms with Gasteiger partial charge in [-0.25, -0.2) is 9.18 Å². The number of Topliss-reactive ketones (excluding diaryl/α,β-unsaturated/α-hetero) is 1. The summed E-state index contributed by atoms with van der Waals surface area (Å²) in [5.74, 6) is 0.884. The van der Waals surface area contributed by atoms with Gasteiger partial charge >= 0.3 is 6.09 Å². The van der Waals surface area contributed by atoms with Crippen molar-refractivity contribution in [2.45, 2.75) is 39.0 Å². The van der Waals surface area contributed by atoms with E-state index in [2.05, 4.69) is 10.5 Å². The number of amides is 1. The Morgan fingerprint density at radius 2 is 1.95 bits per heavy atom. The molecule has 1 fully saturated rings. The molecule has 0 atom stereocenters. The van der Waals surface area contributed by atoms with Crippen LogP contribution in [0.2, 0.25) is 0 Å². The molecule has 1 aliphatic rings. The Hall–Kier alpha value is -3.66. The Bertz CT molecular complexity index is 1270. The lowest BCUT2D eigenvalue weighted by atomic mass is 9.90. The summed E-state index contributed by atoms with van der Waals surface area (Å²) in [6.07, 6.45) is 1.97. The Morgan fingerprint density at radius 1 is 1.16 bits per heavy atom. The summed E-state index contributed by atoms with van der Waals surface area (Å²) in [5.41, 5.74) is 1.87. The van der Waals surface area contributed by atoms with Gasteiger partial charge in [0.05, 0.1) is 39.0 Å². The fourth-order valence-corrected chi connectivity index (χ4v) is 5.01.